The first-order valence-electron chi connectivity index (χ1n) is 3.54. The van der Waals surface area contributed by atoms with Gasteiger partial charge in [0.15, 0.2) is 0 Å². The third-order valence-electron chi connectivity index (χ3n) is 1.58. The van der Waals surface area contributed by atoms with Crippen LogP contribution in [0, 0.1) is 0 Å². The fourth-order valence-electron chi connectivity index (χ4n) is 0.954. The Morgan fingerprint density at radius 2 is 2.17 bits per heavy atom. The van der Waals surface area contributed by atoms with E-state index in [0.29, 0.717) is 5.02 Å². The Morgan fingerprint density at radius 1 is 1.50 bits per heavy atom. The van der Waals surface area contributed by atoms with Crippen LogP contribution in [-0.2, 0) is 0 Å². The SMILES string of the molecule is C[C@H](N=[N+]=[N-])c1ccccc1Cl. The molecule has 0 aromatic heterocycles. The van der Waals surface area contributed by atoms with Crippen LogP contribution in [0.15, 0.2) is 29.4 Å². The van der Waals surface area contributed by atoms with Gasteiger partial charge in [0.05, 0.1) is 6.04 Å². The van der Waals surface area contributed by atoms with Crippen molar-refractivity contribution in [2.75, 3.05) is 0 Å². The zero-order chi connectivity index (χ0) is 8.97. The minimum atomic E-state index is -0.205. The average Bonchev–Trinajstić information content (AvgIpc) is 2.05. The largest absolute Gasteiger partial charge is 0.0861 e. The first-order valence-corrected chi connectivity index (χ1v) is 3.92. The Hall–Kier alpha value is -1.18. The highest BCUT2D eigenvalue weighted by molar-refractivity contribution is 6.31. The van der Waals surface area contributed by atoms with Gasteiger partial charge < -0.3 is 0 Å². The smallest absolute Gasteiger partial charge is 0.0611 e. The fourth-order valence-corrected chi connectivity index (χ4v) is 1.25. The topological polar surface area (TPSA) is 48.8 Å². The number of hydrogen-bond donors (Lipinski definition) is 0. The number of halogens is 1. The van der Waals surface area contributed by atoms with Gasteiger partial charge >= 0.3 is 0 Å². The van der Waals surface area contributed by atoms with Crippen molar-refractivity contribution in [3.05, 3.63) is 45.3 Å². The van der Waals surface area contributed by atoms with Gasteiger partial charge in [-0.25, -0.2) is 0 Å². The lowest BCUT2D eigenvalue weighted by Gasteiger charge is -2.05. The first kappa shape index (κ1) is 8.91. The van der Waals surface area contributed by atoms with E-state index in [2.05, 4.69) is 10.0 Å². The molecule has 1 atom stereocenters. The van der Waals surface area contributed by atoms with Gasteiger partial charge in [0.2, 0.25) is 0 Å². The molecule has 4 heteroatoms. The highest BCUT2D eigenvalue weighted by Gasteiger charge is 2.05. The molecule has 0 aliphatic rings. The maximum Gasteiger partial charge on any atom is 0.0611 e. The maximum atomic E-state index is 8.20. The fraction of sp³-hybridized carbons (Fsp3) is 0.250. The van der Waals surface area contributed by atoms with E-state index in [4.69, 9.17) is 17.1 Å². The van der Waals surface area contributed by atoms with Crippen molar-refractivity contribution in [3.8, 4) is 0 Å². The van der Waals surface area contributed by atoms with Crippen molar-refractivity contribution in [1.29, 1.82) is 0 Å². The van der Waals surface area contributed by atoms with E-state index in [1.165, 1.54) is 0 Å². The van der Waals surface area contributed by atoms with Crippen molar-refractivity contribution < 1.29 is 0 Å². The van der Waals surface area contributed by atoms with Crippen LogP contribution in [0.1, 0.15) is 18.5 Å². The van der Waals surface area contributed by atoms with E-state index >= 15 is 0 Å². The monoisotopic (exact) mass is 181 g/mol. The number of azide groups is 1. The Bertz CT molecular complexity index is 318. The van der Waals surface area contributed by atoms with E-state index in [0.717, 1.165) is 5.56 Å². The molecule has 0 saturated heterocycles. The molecule has 0 saturated carbocycles. The van der Waals surface area contributed by atoms with Gasteiger partial charge in [0.1, 0.15) is 0 Å². The van der Waals surface area contributed by atoms with Crippen LogP contribution in [0.3, 0.4) is 0 Å². The lowest BCUT2D eigenvalue weighted by Crippen LogP contribution is -1.88. The van der Waals surface area contributed by atoms with E-state index in [9.17, 15) is 0 Å². The lowest BCUT2D eigenvalue weighted by molar-refractivity contribution is 0.808. The summed E-state index contributed by atoms with van der Waals surface area (Å²) in [7, 11) is 0. The van der Waals surface area contributed by atoms with Crippen LogP contribution in [-0.4, -0.2) is 0 Å². The molecule has 0 amide bonds. The van der Waals surface area contributed by atoms with Crippen LogP contribution in [0.4, 0.5) is 0 Å². The molecule has 0 aliphatic carbocycles. The van der Waals surface area contributed by atoms with Crippen LogP contribution >= 0.6 is 11.6 Å². The van der Waals surface area contributed by atoms with E-state index in [1.807, 2.05) is 18.2 Å². The standard InChI is InChI=1S/C8H8ClN3/c1-6(11-12-10)7-4-2-3-5-8(7)9/h2-6H,1H3/t6-/m0/s1. The minimum absolute atomic E-state index is 0.205. The summed E-state index contributed by atoms with van der Waals surface area (Å²) < 4.78 is 0. The van der Waals surface area contributed by atoms with Gasteiger partial charge in [0.25, 0.3) is 0 Å². The summed E-state index contributed by atoms with van der Waals surface area (Å²) >= 11 is 5.87. The third-order valence-corrected chi connectivity index (χ3v) is 1.92. The Balaban J connectivity index is 3.02. The number of nitrogens with zero attached hydrogens (tertiary/aromatic N) is 3. The molecule has 0 fully saturated rings. The molecule has 0 aliphatic heterocycles. The predicted octanol–water partition coefficient (Wildman–Crippen LogP) is 3.71. The molecular weight excluding hydrogens is 174 g/mol. The molecule has 0 heterocycles. The first-order chi connectivity index (χ1) is 5.75. The normalized spacial score (nSPS) is 11.8. The van der Waals surface area contributed by atoms with Crippen molar-refractivity contribution in [2.45, 2.75) is 13.0 Å². The average molecular weight is 182 g/mol. The molecular formula is C8H8ClN3. The van der Waals surface area contributed by atoms with Gasteiger partial charge in [-0.3, -0.25) is 0 Å². The highest BCUT2D eigenvalue weighted by Crippen LogP contribution is 2.24. The molecule has 3 nitrogen and oxygen atoms in total. The molecule has 0 bridgehead atoms. The number of benzene rings is 1. The highest BCUT2D eigenvalue weighted by atomic mass is 35.5. The van der Waals surface area contributed by atoms with Gasteiger partial charge in [0, 0.05) is 9.93 Å². The molecule has 1 aromatic rings. The summed E-state index contributed by atoms with van der Waals surface area (Å²) in [4.78, 5) is 2.72. The van der Waals surface area contributed by atoms with Crippen molar-refractivity contribution in [1.82, 2.24) is 0 Å². The van der Waals surface area contributed by atoms with Crippen molar-refractivity contribution in [3.63, 3.8) is 0 Å². The molecule has 0 radical (unpaired) electrons. The van der Waals surface area contributed by atoms with Gasteiger partial charge in [-0.15, -0.1) is 0 Å². The lowest BCUT2D eigenvalue weighted by atomic mass is 10.1. The second-order valence-corrected chi connectivity index (χ2v) is 2.81. The van der Waals surface area contributed by atoms with Crippen LogP contribution in [0.25, 0.3) is 10.4 Å². The quantitative estimate of drug-likeness (QED) is 0.379. The van der Waals surface area contributed by atoms with E-state index in [-0.39, 0.29) is 6.04 Å². The van der Waals surface area contributed by atoms with Crippen molar-refractivity contribution in [2.24, 2.45) is 5.11 Å². The van der Waals surface area contributed by atoms with Gasteiger partial charge in [-0.1, -0.05) is 41.8 Å². The molecule has 0 unspecified atom stereocenters. The summed E-state index contributed by atoms with van der Waals surface area (Å²) in [6, 6.07) is 7.13. The second-order valence-electron chi connectivity index (χ2n) is 2.40. The van der Waals surface area contributed by atoms with Gasteiger partial charge in [-0.2, -0.15) is 0 Å². The zero-order valence-electron chi connectivity index (χ0n) is 6.61. The predicted molar refractivity (Wildman–Crippen MR) is 49.0 cm³/mol. The Kier molecular flexibility index (Phi) is 2.97. The molecule has 12 heavy (non-hydrogen) atoms. The van der Waals surface area contributed by atoms with Gasteiger partial charge in [-0.05, 0) is 17.2 Å². The Labute approximate surface area is 75.6 Å². The third kappa shape index (κ3) is 1.91. The molecule has 62 valence electrons. The Morgan fingerprint density at radius 3 is 2.75 bits per heavy atom. The van der Waals surface area contributed by atoms with Crippen LogP contribution in [0.5, 0.6) is 0 Å². The van der Waals surface area contributed by atoms with Crippen molar-refractivity contribution >= 4 is 11.6 Å². The second kappa shape index (κ2) is 4.00. The minimum Gasteiger partial charge on any atom is -0.0861 e. The van der Waals surface area contributed by atoms with Crippen LogP contribution < -0.4 is 0 Å². The number of hydrogen-bond acceptors (Lipinski definition) is 1. The summed E-state index contributed by atoms with van der Waals surface area (Å²) in [5.74, 6) is 0. The summed E-state index contributed by atoms with van der Waals surface area (Å²) in [6.07, 6.45) is 0. The summed E-state index contributed by atoms with van der Waals surface area (Å²) in [5, 5.41) is 4.19. The summed E-state index contributed by atoms with van der Waals surface area (Å²) in [5.41, 5.74) is 9.06. The van der Waals surface area contributed by atoms with Crippen LogP contribution in [0.2, 0.25) is 5.02 Å². The number of rotatable bonds is 2. The zero-order valence-corrected chi connectivity index (χ0v) is 7.36. The van der Waals surface area contributed by atoms with E-state index in [1.54, 1.807) is 13.0 Å². The molecule has 0 spiro atoms. The summed E-state index contributed by atoms with van der Waals surface area (Å²) in [6.45, 7) is 1.81. The maximum absolute atomic E-state index is 8.20. The molecule has 1 aromatic carbocycles. The molecule has 0 N–H and O–H groups in total. The van der Waals surface area contributed by atoms with E-state index < -0.39 is 0 Å². The molecule has 1 rings (SSSR count).